The fourth-order valence-electron chi connectivity index (χ4n) is 3.19. The average Bonchev–Trinajstić information content (AvgIpc) is 2.72. The molecule has 3 rings (SSSR count). The van der Waals surface area contributed by atoms with E-state index in [1.54, 1.807) is 9.80 Å². The Morgan fingerprint density at radius 2 is 1.76 bits per heavy atom. The van der Waals surface area contributed by atoms with Crippen LogP contribution in [0.3, 0.4) is 0 Å². The predicted molar refractivity (Wildman–Crippen MR) is 110 cm³/mol. The Labute approximate surface area is 175 Å². The summed E-state index contributed by atoms with van der Waals surface area (Å²) in [6.07, 6.45) is 0. The van der Waals surface area contributed by atoms with E-state index in [2.05, 4.69) is 13.8 Å². The van der Waals surface area contributed by atoms with Crippen molar-refractivity contribution in [3.05, 3.63) is 64.4 Å². The van der Waals surface area contributed by atoms with Crippen LogP contribution in [0.25, 0.3) is 0 Å². The lowest BCUT2D eigenvalue weighted by molar-refractivity contribution is -0.134. The van der Waals surface area contributed by atoms with Gasteiger partial charge in [0.1, 0.15) is 11.6 Å². The molecule has 154 valence electrons. The normalized spacial score (nSPS) is 14.2. The topological polar surface area (TPSA) is 49.9 Å². The monoisotopic (exact) mass is 418 g/mol. The van der Waals surface area contributed by atoms with Gasteiger partial charge in [-0.1, -0.05) is 37.6 Å². The van der Waals surface area contributed by atoms with Gasteiger partial charge in [0.15, 0.2) is 6.61 Å². The first-order chi connectivity index (χ1) is 13.8. The molecule has 0 aromatic heterocycles. The van der Waals surface area contributed by atoms with E-state index in [0.717, 1.165) is 11.6 Å². The molecule has 1 aliphatic rings. The van der Waals surface area contributed by atoms with E-state index in [-0.39, 0.29) is 29.0 Å². The standard InChI is InChI=1S/C22H24ClFN2O3/c1-15(2)16-4-3-5-18(12-16)29-14-21(27)25-8-10-26(11-9-25)22(28)19-7-6-17(24)13-20(19)23/h3-7,12-13,15H,8-11,14H2,1-2H3. The minimum absolute atomic E-state index is 0.0424. The zero-order valence-electron chi connectivity index (χ0n) is 16.5. The number of halogens is 2. The highest BCUT2D eigenvalue weighted by Gasteiger charge is 2.26. The van der Waals surface area contributed by atoms with Crippen molar-refractivity contribution in [1.29, 1.82) is 0 Å². The van der Waals surface area contributed by atoms with Gasteiger partial charge in [-0.2, -0.15) is 0 Å². The van der Waals surface area contributed by atoms with Crippen molar-refractivity contribution in [2.75, 3.05) is 32.8 Å². The summed E-state index contributed by atoms with van der Waals surface area (Å²) < 4.78 is 18.8. The lowest BCUT2D eigenvalue weighted by atomic mass is 10.0. The third-order valence-corrected chi connectivity index (χ3v) is 5.28. The highest BCUT2D eigenvalue weighted by atomic mass is 35.5. The second-order valence-electron chi connectivity index (χ2n) is 7.31. The van der Waals surface area contributed by atoms with Crippen LogP contribution < -0.4 is 4.74 Å². The smallest absolute Gasteiger partial charge is 0.260 e. The molecule has 0 aliphatic carbocycles. The van der Waals surface area contributed by atoms with E-state index in [4.69, 9.17) is 16.3 Å². The van der Waals surface area contributed by atoms with Crippen LogP contribution in [-0.2, 0) is 4.79 Å². The molecule has 0 bridgehead atoms. The Balaban J connectivity index is 1.51. The Morgan fingerprint density at radius 3 is 2.41 bits per heavy atom. The number of piperazine rings is 1. The molecule has 0 N–H and O–H groups in total. The molecular weight excluding hydrogens is 395 g/mol. The minimum Gasteiger partial charge on any atom is -0.484 e. The van der Waals surface area contributed by atoms with Crippen LogP contribution in [0.5, 0.6) is 5.75 Å². The van der Waals surface area contributed by atoms with Gasteiger partial charge >= 0.3 is 0 Å². The zero-order chi connectivity index (χ0) is 21.0. The largest absolute Gasteiger partial charge is 0.484 e. The molecule has 29 heavy (non-hydrogen) atoms. The Bertz CT molecular complexity index is 895. The highest BCUT2D eigenvalue weighted by molar-refractivity contribution is 6.33. The predicted octanol–water partition coefficient (Wildman–Crippen LogP) is 3.97. The van der Waals surface area contributed by atoms with Crippen LogP contribution in [0.4, 0.5) is 4.39 Å². The number of ether oxygens (including phenoxy) is 1. The quantitative estimate of drug-likeness (QED) is 0.738. The van der Waals surface area contributed by atoms with Crippen molar-refractivity contribution in [3.8, 4) is 5.75 Å². The first-order valence-electron chi connectivity index (χ1n) is 9.60. The van der Waals surface area contributed by atoms with Gasteiger partial charge in [-0.05, 0) is 41.8 Å². The van der Waals surface area contributed by atoms with Crippen LogP contribution in [0.2, 0.25) is 5.02 Å². The van der Waals surface area contributed by atoms with E-state index < -0.39 is 5.82 Å². The summed E-state index contributed by atoms with van der Waals surface area (Å²) in [6, 6.07) is 11.5. The van der Waals surface area contributed by atoms with E-state index in [9.17, 15) is 14.0 Å². The van der Waals surface area contributed by atoms with Crippen LogP contribution in [-0.4, -0.2) is 54.4 Å². The second kappa shape index (κ2) is 9.27. The number of nitrogens with zero attached hydrogens (tertiary/aromatic N) is 2. The van der Waals surface area contributed by atoms with E-state index in [1.807, 2.05) is 24.3 Å². The van der Waals surface area contributed by atoms with Crippen LogP contribution in [0.1, 0.15) is 35.7 Å². The van der Waals surface area contributed by atoms with Gasteiger partial charge < -0.3 is 14.5 Å². The molecule has 0 atom stereocenters. The maximum Gasteiger partial charge on any atom is 0.260 e. The third kappa shape index (κ3) is 5.26. The summed E-state index contributed by atoms with van der Waals surface area (Å²) >= 11 is 5.98. The number of carbonyl (C=O) groups excluding carboxylic acids is 2. The van der Waals surface area contributed by atoms with Gasteiger partial charge in [-0.25, -0.2) is 4.39 Å². The van der Waals surface area contributed by atoms with Gasteiger partial charge in [0.2, 0.25) is 0 Å². The molecule has 1 aliphatic heterocycles. The first-order valence-corrected chi connectivity index (χ1v) is 9.98. The van der Waals surface area contributed by atoms with E-state index >= 15 is 0 Å². The van der Waals surface area contributed by atoms with Crippen molar-refractivity contribution < 1.29 is 18.7 Å². The van der Waals surface area contributed by atoms with Gasteiger partial charge in [-0.15, -0.1) is 0 Å². The molecule has 1 saturated heterocycles. The number of benzene rings is 2. The molecular formula is C22H24ClFN2O3. The second-order valence-corrected chi connectivity index (χ2v) is 7.72. The van der Waals surface area contributed by atoms with Crippen molar-refractivity contribution >= 4 is 23.4 Å². The summed E-state index contributed by atoms with van der Waals surface area (Å²) in [5.41, 5.74) is 1.42. The summed E-state index contributed by atoms with van der Waals surface area (Å²) in [6.45, 7) is 5.77. The zero-order valence-corrected chi connectivity index (χ0v) is 17.3. The third-order valence-electron chi connectivity index (χ3n) is 4.97. The number of hydrogen-bond acceptors (Lipinski definition) is 3. The molecule has 2 amide bonds. The van der Waals surface area contributed by atoms with Gasteiger partial charge in [0.25, 0.3) is 11.8 Å². The summed E-state index contributed by atoms with van der Waals surface area (Å²) in [5.74, 6) is 0.190. The number of amides is 2. The molecule has 1 fully saturated rings. The Hall–Kier alpha value is -2.60. The molecule has 2 aromatic rings. The first kappa shape index (κ1) is 21.1. The molecule has 7 heteroatoms. The molecule has 5 nitrogen and oxygen atoms in total. The number of carbonyl (C=O) groups is 2. The fourth-order valence-corrected chi connectivity index (χ4v) is 3.44. The maximum absolute atomic E-state index is 13.2. The fraction of sp³-hybridized carbons (Fsp3) is 0.364. The van der Waals surface area contributed by atoms with E-state index in [0.29, 0.717) is 37.8 Å². The van der Waals surface area contributed by atoms with Crippen LogP contribution >= 0.6 is 11.6 Å². The summed E-state index contributed by atoms with van der Waals surface area (Å²) in [7, 11) is 0. The molecule has 0 unspecified atom stereocenters. The molecule has 0 spiro atoms. The highest BCUT2D eigenvalue weighted by Crippen LogP contribution is 2.21. The lowest BCUT2D eigenvalue weighted by Gasteiger charge is -2.34. The van der Waals surface area contributed by atoms with Gasteiger partial charge in [0, 0.05) is 26.2 Å². The van der Waals surface area contributed by atoms with Crippen LogP contribution in [0.15, 0.2) is 42.5 Å². The maximum atomic E-state index is 13.2. The molecule has 1 heterocycles. The van der Waals surface area contributed by atoms with Gasteiger partial charge in [0.05, 0.1) is 10.6 Å². The summed E-state index contributed by atoms with van der Waals surface area (Å²) in [5, 5.41) is 0.0885. The van der Waals surface area contributed by atoms with Crippen molar-refractivity contribution in [3.63, 3.8) is 0 Å². The molecule has 0 radical (unpaired) electrons. The van der Waals surface area contributed by atoms with Gasteiger partial charge in [-0.3, -0.25) is 9.59 Å². The van der Waals surface area contributed by atoms with Crippen molar-refractivity contribution in [2.45, 2.75) is 19.8 Å². The Morgan fingerprint density at radius 1 is 1.07 bits per heavy atom. The molecule has 2 aromatic carbocycles. The minimum atomic E-state index is -0.485. The van der Waals surface area contributed by atoms with E-state index in [1.165, 1.54) is 12.1 Å². The summed E-state index contributed by atoms with van der Waals surface area (Å²) in [4.78, 5) is 28.4. The average molecular weight is 419 g/mol. The van der Waals surface area contributed by atoms with Crippen molar-refractivity contribution in [2.24, 2.45) is 0 Å². The van der Waals surface area contributed by atoms with Crippen LogP contribution in [0, 0.1) is 5.82 Å². The number of rotatable bonds is 5. The number of hydrogen-bond donors (Lipinski definition) is 0. The lowest BCUT2D eigenvalue weighted by Crippen LogP contribution is -2.51. The van der Waals surface area contributed by atoms with Crippen molar-refractivity contribution in [1.82, 2.24) is 9.80 Å². The molecule has 0 saturated carbocycles. The SMILES string of the molecule is CC(C)c1cccc(OCC(=O)N2CCN(C(=O)c3ccc(F)cc3Cl)CC2)c1. The Kier molecular flexibility index (Phi) is 6.75.